The number of unbranched alkanes of at least 4 members (excludes halogenated alkanes) is 24. The van der Waals surface area contributed by atoms with E-state index in [-0.39, 0.29) is 11.9 Å². The van der Waals surface area contributed by atoms with Gasteiger partial charge in [-0.25, -0.2) is 0 Å². The van der Waals surface area contributed by atoms with Crippen molar-refractivity contribution in [3.8, 4) is 0 Å². The number of ether oxygens (including phenoxy) is 2. The van der Waals surface area contributed by atoms with Gasteiger partial charge >= 0.3 is 11.9 Å². The van der Waals surface area contributed by atoms with Crippen LogP contribution >= 0.6 is 0 Å². The van der Waals surface area contributed by atoms with Gasteiger partial charge in [0.15, 0.2) is 0 Å². The van der Waals surface area contributed by atoms with Gasteiger partial charge in [-0.3, -0.25) is 9.59 Å². The first-order valence-electron chi connectivity index (χ1n) is 17.5. The van der Waals surface area contributed by atoms with E-state index in [0.29, 0.717) is 19.3 Å². The van der Waals surface area contributed by atoms with Crippen LogP contribution < -0.4 is 0 Å². The highest BCUT2D eigenvalue weighted by Gasteiger charge is 2.16. The maximum Gasteiger partial charge on any atom is 0.308 e. The predicted octanol–water partition coefficient (Wildman–Crippen LogP) is 11.8. The molecular formula is C35H68O4. The van der Waals surface area contributed by atoms with Gasteiger partial charge in [0.1, 0.15) is 0 Å². The van der Waals surface area contributed by atoms with E-state index in [2.05, 4.69) is 13.8 Å². The van der Waals surface area contributed by atoms with Crippen molar-refractivity contribution in [1.82, 2.24) is 0 Å². The minimum absolute atomic E-state index is 0.237. The molecule has 0 heterocycles. The van der Waals surface area contributed by atoms with E-state index in [1.165, 1.54) is 141 Å². The third kappa shape index (κ3) is 29.7. The van der Waals surface area contributed by atoms with Crippen LogP contribution in [0.1, 0.15) is 207 Å². The van der Waals surface area contributed by atoms with Crippen LogP contribution in [0.5, 0.6) is 0 Å². The minimum Gasteiger partial charge on any atom is -0.425 e. The van der Waals surface area contributed by atoms with Crippen molar-refractivity contribution in [1.29, 1.82) is 0 Å². The van der Waals surface area contributed by atoms with Gasteiger partial charge in [0.05, 0.1) is 0 Å². The summed E-state index contributed by atoms with van der Waals surface area (Å²) in [7, 11) is 0. The fourth-order valence-corrected chi connectivity index (χ4v) is 5.18. The number of hydrogen-bond donors (Lipinski definition) is 0. The minimum atomic E-state index is -0.728. The Morgan fingerprint density at radius 1 is 0.385 bits per heavy atom. The van der Waals surface area contributed by atoms with Crippen LogP contribution in [0.4, 0.5) is 0 Å². The number of carbonyl (C=O) groups excluding carboxylic acids is 2. The molecule has 0 aliphatic heterocycles. The topological polar surface area (TPSA) is 52.6 Å². The molecule has 0 rings (SSSR count). The third-order valence-electron chi connectivity index (χ3n) is 7.83. The van der Waals surface area contributed by atoms with Crippen molar-refractivity contribution >= 4 is 11.9 Å². The van der Waals surface area contributed by atoms with Crippen LogP contribution in [0.3, 0.4) is 0 Å². The zero-order chi connectivity index (χ0) is 28.7. The lowest BCUT2D eigenvalue weighted by molar-refractivity contribution is -0.188. The summed E-state index contributed by atoms with van der Waals surface area (Å²) >= 11 is 0. The van der Waals surface area contributed by atoms with Crippen molar-refractivity contribution < 1.29 is 19.1 Å². The fraction of sp³-hybridized carbons (Fsp3) is 0.943. The Morgan fingerprint density at radius 2 is 0.615 bits per heavy atom. The zero-order valence-electron chi connectivity index (χ0n) is 26.7. The summed E-state index contributed by atoms with van der Waals surface area (Å²) in [6.07, 6.45) is 34.1. The zero-order valence-corrected chi connectivity index (χ0v) is 26.7. The van der Waals surface area contributed by atoms with E-state index in [1.807, 2.05) is 6.92 Å². The molecule has 232 valence electrons. The summed E-state index contributed by atoms with van der Waals surface area (Å²) in [4.78, 5) is 24.3. The van der Waals surface area contributed by atoms with Crippen molar-refractivity contribution in [2.24, 2.45) is 0 Å². The summed E-state index contributed by atoms with van der Waals surface area (Å²) in [6.45, 7) is 6.43. The Hall–Kier alpha value is -1.06. The third-order valence-corrected chi connectivity index (χ3v) is 7.83. The molecular weight excluding hydrogens is 484 g/mol. The number of carbonyl (C=O) groups is 2. The molecule has 4 heteroatoms. The summed E-state index contributed by atoms with van der Waals surface area (Å²) in [5.41, 5.74) is 0. The maximum absolute atomic E-state index is 12.2. The lowest BCUT2D eigenvalue weighted by Crippen LogP contribution is -2.23. The van der Waals surface area contributed by atoms with E-state index in [4.69, 9.17) is 9.47 Å². The van der Waals surface area contributed by atoms with Crippen molar-refractivity contribution in [3.05, 3.63) is 0 Å². The molecule has 39 heavy (non-hydrogen) atoms. The largest absolute Gasteiger partial charge is 0.425 e. The van der Waals surface area contributed by atoms with E-state index in [1.54, 1.807) is 0 Å². The van der Waals surface area contributed by atoms with Gasteiger partial charge in [0, 0.05) is 19.3 Å². The molecule has 0 fully saturated rings. The molecule has 0 aliphatic carbocycles. The first-order valence-corrected chi connectivity index (χ1v) is 17.5. The molecule has 0 aromatic heterocycles. The van der Waals surface area contributed by atoms with Gasteiger partial charge in [-0.2, -0.15) is 0 Å². The highest BCUT2D eigenvalue weighted by molar-refractivity contribution is 5.71. The smallest absolute Gasteiger partial charge is 0.308 e. The lowest BCUT2D eigenvalue weighted by atomic mass is 10.0. The van der Waals surface area contributed by atoms with Crippen molar-refractivity contribution in [2.75, 3.05) is 0 Å². The van der Waals surface area contributed by atoms with Crippen LogP contribution in [0.15, 0.2) is 0 Å². The van der Waals surface area contributed by atoms with Gasteiger partial charge in [-0.1, -0.05) is 175 Å². The summed E-state index contributed by atoms with van der Waals surface area (Å²) in [5.74, 6) is -0.475. The summed E-state index contributed by atoms with van der Waals surface area (Å²) in [5, 5.41) is 0. The first kappa shape index (κ1) is 37.9. The van der Waals surface area contributed by atoms with Gasteiger partial charge in [-0.05, 0) is 12.8 Å². The van der Waals surface area contributed by atoms with Crippen LogP contribution in [0.2, 0.25) is 0 Å². The Kier molecular flexibility index (Phi) is 30.6. The molecule has 0 aromatic carbocycles. The quantitative estimate of drug-likeness (QED) is 0.0487. The molecule has 0 amide bonds. The average Bonchev–Trinajstić information content (AvgIpc) is 2.93. The highest BCUT2D eigenvalue weighted by Crippen LogP contribution is 2.15. The number of esters is 2. The second-order valence-corrected chi connectivity index (χ2v) is 11.8. The predicted molar refractivity (Wildman–Crippen MR) is 167 cm³/mol. The van der Waals surface area contributed by atoms with E-state index in [9.17, 15) is 9.59 Å². The van der Waals surface area contributed by atoms with E-state index in [0.717, 1.165) is 25.7 Å². The Labute approximate surface area is 244 Å². The molecule has 0 atom stereocenters. The molecule has 0 spiro atoms. The van der Waals surface area contributed by atoms with Gasteiger partial charge in [-0.15, -0.1) is 0 Å². The molecule has 0 saturated carbocycles. The van der Waals surface area contributed by atoms with Gasteiger partial charge < -0.3 is 9.47 Å². The monoisotopic (exact) mass is 553 g/mol. The Balaban J connectivity index is 3.54. The molecule has 0 radical (unpaired) electrons. The van der Waals surface area contributed by atoms with E-state index >= 15 is 0 Å². The van der Waals surface area contributed by atoms with Crippen LogP contribution in [0, 0.1) is 0 Å². The summed E-state index contributed by atoms with van der Waals surface area (Å²) in [6, 6.07) is 0. The second kappa shape index (κ2) is 31.5. The van der Waals surface area contributed by atoms with Crippen molar-refractivity contribution in [2.45, 2.75) is 213 Å². The number of rotatable bonds is 31. The molecule has 0 saturated heterocycles. The standard InChI is InChI=1S/C35H68O4/c1-4-7-9-11-13-15-17-19-21-23-25-27-29-31-33(36)38-35(6-3)39-34(37)32-30-28-26-24-22-20-18-16-14-12-10-8-5-2/h35H,4-32H2,1-3H3. The molecule has 0 aliphatic rings. The molecule has 0 unspecified atom stereocenters. The van der Waals surface area contributed by atoms with Gasteiger partial charge in [0.2, 0.25) is 6.29 Å². The Bertz CT molecular complexity index is 475. The first-order chi connectivity index (χ1) is 19.1. The highest BCUT2D eigenvalue weighted by atomic mass is 16.7. The lowest BCUT2D eigenvalue weighted by Gasteiger charge is -2.16. The number of hydrogen-bond acceptors (Lipinski definition) is 4. The maximum atomic E-state index is 12.2. The average molecular weight is 553 g/mol. The molecule has 0 aromatic rings. The van der Waals surface area contributed by atoms with Crippen LogP contribution in [0.25, 0.3) is 0 Å². The summed E-state index contributed by atoms with van der Waals surface area (Å²) < 4.78 is 10.8. The molecule has 4 nitrogen and oxygen atoms in total. The SMILES string of the molecule is CCCCCCCCCCCCCCCC(=O)OC(CC)OC(=O)CCCCCCCCCCCCCCC. The molecule has 0 N–H and O–H groups in total. The molecule has 0 bridgehead atoms. The van der Waals surface area contributed by atoms with Gasteiger partial charge in [0.25, 0.3) is 0 Å². The van der Waals surface area contributed by atoms with Crippen LogP contribution in [-0.2, 0) is 19.1 Å². The van der Waals surface area contributed by atoms with E-state index < -0.39 is 6.29 Å². The second-order valence-electron chi connectivity index (χ2n) is 11.8. The fourth-order valence-electron chi connectivity index (χ4n) is 5.18. The van der Waals surface area contributed by atoms with Crippen LogP contribution in [-0.4, -0.2) is 18.2 Å². The normalized spacial score (nSPS) is 11.3. The Morgan fingerprint density at radius 3 is 0.846 bits per heavy atom. The van der Waals surface area contributed by atoms with Crippen molar-refractivity contribution in [3.63, 3.8) is 0 Å².